The molecule has 100 valence electrons. The van der Waals surface area contributed by atoms with E-state index < -0.39 is 0 Å². The number of benzene rings is 1. The number of thiophene rings is 1. The van der Waals surface area contributed by atoms with Crippen LogP contribution in [-0.4, -0.2) is 16.0 Å². The van der Waals surface area contributed by atoms with Crippen LogP contribution >= 0.6 is 11.3 Å². The molecule has 0 fully saturated rings. The molecule has 0 atom stereocenters. The zero-order valence-corrected chi connectivity index (χ0v) is 11.4. The molecule has 0 unspecified atom stereocenters. The lowest BCUT2D eigenvalue weighted by Gasteiger charge is -2.07. The van der Waals surface area contributed by atoms with E-state index in [2.05, 4.69) is 10.3 Å². The zero-order chi connectivity index (χ0) is 13.9. The summed E-state index contributed by atoms with van der Waals surface area (Å²) in [6, 6.07) is 10.9. The van der Waals surface area contributed by atoms with Crippen LogP contribution in [-0.2, 0) is 6.54 Å². The smallest absolute Gasteiger partial charge is 0.255 e. The summed E-state index contributed by atoms with van der Waals surface area (Å²) in [6.45, 7) is 0.455. The lowest BCUT2D eigenvalue weighted by atomic mass is 10.1. The predicted octanol–water partition coefficient (Wildman–Crippen LogP) is 2.93. The Kier molecular flexibility index (Phi) is 3.35. The van der Waals surface area contributed by atoms with Gasteiger partial charge in [-0.25, -0.2) is 0 Å². The Hall–Kier alpha value is -2.40. The third kappa shape index (κ3) is 2.35. The average Bonchev–Trinajstić information content (AvgIpc) is 2.99. The summed E-state index contributed by atoms with van der Waals surface area (Å²) in [5, 5.41) is 15.7. The quantitative estimate of drug-likeness (QED) is 0.777. The van der Waals surface area contributed by atoms with Crippen LogP contribution in [0.1, 0.15) is 15.2 Å². The first-order valence-corrected chi connectivity index (χ1v) is 7.01. The van der Waals surface area contributed by atoms with Crippen molar-refractivity contribution in [1.29, 1.82) is 0 Å². The van der Waals surface area contributed by atoms with Crippen LogP contribution in [0.4, 0.5) is 0 Å². The van der Waals surface area contributed by atoms with Gasteiger partial charge in [-0.05, 0) is 23.6 Å². The number of carbonyl (C=O) groups is 1. The second-order valence-corrected chi connectivity index (χ2v) is 5.33. The Morgan fingerprint density at radius 2 is 2.15 bits per heavy atom. The minimum atomic E-state index is -0.302. The second-order valence-electron chi connectivity index (χ2n) is 4.30. The number of hydrogen-bond donors (Lipinski definition) is 2. The van der Waals surface area contributed by atoms with Crippen LogP contribution in [0.2, 0.25) is 0 Å². The van der Waals surface area contributed by atoms with E-state index in [-0.39, 0.29) is 17.2 Å². The molecule has 2 aromatic heterocycles. The third-order valence-electron chi connectivity index (χ3n) is 3.00. The Labute approximate surface area is 119 Å². The molecule has 1 aromatic carbocycles. The summed E-state index contributed by atoms with van der Waals surface area (Å²) in [7, 11) is 0. The first-order valence-electron chi connectivity index (χ1n) is 6.13. The van der Waals surface area contributed by atoms with Gasteiger partial charge in [0, 0.05) is 16.5 Å². The monoisotopic (exact) mass is 284 g/mol. The van der Waals surface area contributed by atoms with Crippen molar-refractivity contribution >= 4 is 28.1 Å². The molecular weight excluding hydrogens is 272 g/mol. The number of fused-ring (bicyclic) bond motifs is 1. The van der Waals surface area contributed by atoms with Gasteiger partial charge >= 0.3 is 0 Å². The molecule has 2 heterocycles. The topological polar surface area (TPSA) is 62.2 Å². The number of nitrogens with one attached hydrogen (secondary N) is 1. The fourth-order valence-electron chi connectivity index (χ4n) is 1.99. The molecule has 0 spiro atoms. The van der Waals surface area contributed by atoms with E-state index in [1.165, 1.54) is 0 Å². The van der Waals surface area contributed by atoms with Crippen LogP contribution in [0, 0.1) is 0 Å². The summed E-state index contributed by atoms with van der Waals surface area (Å²) in [5.41, 5.74) is 0.684. The maximum atomic E-state index is 12.1. The molecule has 0 bridgehead atoms. The van der Waals surface area contributed by atoms with E-state index in [0.717, 1.165) is 10.3 Å². The number of rotatable bonds is 3. The van der Waals surface area contributed by atoms with Crippen LogP contribution in [0.5, 0.6) is 5.75 Å². The van der Waals surface area contributed by atoms with Gasteiger partial charge in [-0.15, -0.1) is 11.3 Å². The number of phenolic OH excluding ortho intramolecular Hbond substituents is 1. The number of pyridine rings is 1. The molecule has 3 aromatic rings. The van der Waals surface area contributed by atoms with Crippen molar-refractivity contribution in [3.63, 3.8) is 0 Å². The van der Waals surface area contributed by atoms with E-state index in [4.69, 9.17) is 0 Å². The first-order chi connectivity index (χ1) is 9.75. The molecular formula is C15H12N2O2S. The van der Waals surface area contributed by atoms with Crippen LogP contribution in [0.25, 0.3) is 10.9 Å². The van der Waals surface area contributed by atoms with Gasteiger partial charge < -0.3 is 10.4 Å². The van der Waals surface area contributed by atoms with Crippen molar-refractivity contribution in [2.24, 2.45) is 0 Å². The highest BCUT2D eigenvalue weighted by molar-refractivity contribution is 7.09. The molecule has 2 N–H and O–H groups in total. The van der Waals surface area contributed by atoms with E-state index in [1.807, 2.05) is 23.6 Å². The Morgan fingerprint density at radius 3 is 2.95 bits per heavy atom. The molecule has 0 aliphatic heterocycles. The molecule has 0 saturated heterocycles. The molecule has 20 heavy (non-hydrogen) atoms. The highest BCUT2D eigenvalue weighted by Crippen LogP contribution is 2.26. The summed E-state index contributed by atoms with van der Waals surface area (Å²) in [4.78, 5) is 17.3. The van der Waals surface area contributed by atoms with Gasteiger partial charge in [-0.1, -0.05) is 18.2 Å². The SMILES string of the molecule is O=C(NCc1cccs1)c1ccc2cccnc2c1O. The number of hydrogen-bond acceptors (Lipinski definition) is 4. The summed E-state index contributed by atoms with van der Waals surface area (Å²) < 4.78 is 0. The van der Waals surface area contributed by atoms with E-state index >= 15 is 0 Å². The highest BCUT2D eigenvalue weighted by atomic mass is 32.1. The Balaban J connectivity index is 1.86. The number of aromatic hydroxyl groups is 1. The zero-order valence-electron chi connectivity index (χ0n) is 10.5. The van der Waals surface area contributed by atoms with E-state index in [1.54, 1.807) is 35.7 Å². The van der Waals surface area contributed by atoms with Crippen molar-refractivity contribution in [2.45, 2.75) is 6.54 Å². The fourth-order valence-corrected chi connectivity index (χ4v) is 2.63. The number of nitrogens with zero attached hydrogens (tertiary/aromatic N) is 1. The average molecular weight is 284 g/mol. The third-order valence-corrected chi connectivity index (χ3v) is 3.87. The Morgan fingerprint density at radius 1 is 1.25 bits per heavy atom. The maximum absolute atomic E-state index is 12.1. The van der Waals surface area contributed by atoms with E-state index in [0.29, 0.717) is 12.1 Å². The standard InChI is InChI=1S/C15H12N2O2S/c18-14-12(6-5-10-3-1-7-16-13(10)14)15(19)17-9-11-4-2-8-20-11/h1-8,18H,9H2,(H,17,19). The minimum Gasteiger partial charge on any atom is -0.505 e. The van der Waals surface area contributed by atoms with Crippen molar-refractivity contribution in [1.82, 2.24) is 10.3 Å². The van der Waals surface area contributed by atoms with Crippen LogP contribution in [0.3, 0.4) is 0 Å². The maximum Gasteiger partial charge on any atom is 0.255 e. The van der Waals surface area contributed by atoms with Crippen LogP contribution < -0.4 is 5.32 Å². The van der Waals surface area contributed by atoms with Gasteiger partial charge in [-0.2, -0.15) is 0 Å². The van der Waals surface area contributed by atoms with Gasteiger partial charge in [0.25, 0.3) is 5.91 Å². The van der Waals surface area contributed by atoms with Gasteiger partial charge in [0.15, 0.2) is 5.75 Å². The lowest BCUT2D eigenvalue weighted by molar-refractivity contribution is 0.0949. The molecule has 1 amide bonds. The molecule has 0 aliphatic rings. The van der Waals surface area contributed by atoms with E-state index in [9.17, 15) is 9.90 Å². The van der Waals surface area contributed by atoms with Gasteiger partial charge in [0.2, 0.25) is 0 Å². The normalized spacial score (nSPS) is 10.6. The molecule has 5 heteroatoms. The van der Waals surface area contributed by atoms with Crippen molar-refractivity contribution in [2.75, 3.05) is 0 Å². The first kappa shape index (κ1) is 12.6. The molecule has 0 radical (unpaired) electrons. The number of amides is 1. The van der Waals surface area contributed by atoms with Gasteiger partial charge in [-0.3, -0.25) is 9.78 Å². The molecule has 4 nitrogen and oxygen atoms in total. The van der Waals surface area contributed by atoms with Crippen molar-refractivity contribution < 1.29 is 9.90 Å². The fraction of sp³-hybridized carbons (Fsp3) is 0.0667. The summed E-state index contributed by atoms with van der Waals surface area (Å²) >= 11 is 1.58. The van der Waals surface area contributed by atoms with Crippen LogP contribution in [0.15, 0.2) is 48.0 Å². The Bertz CT molecular complexity index is 754. The van der Waals surface area contributed by atoms with Crippen molar-refractivity contribution in [3.05, 3.63) is 58.4 Å². The molecule has 0 aliphatic carbocycles. The summed E-state index contributed by atoms with van der Waals surface area (Å²) in [6.07, 6.45) is 1.59. The number of carbonyl (C=O) groups excluding carboxylic acids is 1. The number of phenols is 1. The summed E-state index contributed by atoms with van der Waals surface area (Å²) in [5.74, 6) is -0.379. The molecule has 3 rings (SSSR count). The van der Waals surface area contributed by atoms with Gasteiger partial charge in [0.05, 0.1) is 12.1 Å². The second kappa shape index (κ2) is 5.30. The predicted molar refractivity (Wildman–Crippen MR) is 78.9 cm³/mol. The molecule has 0 saturated carbocycles. The van der Waals surface area contributed by atoms with Gasteiger partial charge in [0.1, 0.15) is 5.52 Å². The largest absolute Gasteiger partial charge is 0.505 e. The minimum absolute atomic E-state index is 0.0771. The lowest BCUT2D eigenvalue weighted by Crippen LogP contribution is -2.22. The number of aromatic nitrogens is 1. The highest BCUT2D eigenvalue weighted by Gasteiger charge is 2.14. The van der Waals surface area contributed by atoms with Crippen molar-refractivity contribution in [3.8, 4) is 5.75 Å².